The van der Waals surface area contributed by atoms with Crippen molar-refractivity contribution >= 4 is 33.5 Å². The predicted octanol–water partition coefficient (Wildman–Crippen LogP) is 3.21. The monoisotopic (exact) mass is 582 g/mol. The van der Waals surface area contributed by atoms with Gasteiger partial charge in [-0.05, 0) is 43.5 Å². The fourth-order valence-electron chi connectivity index (χ4n) is 6.78. The molecule has 3 aromatic heterocycles. The lowest BCUT2D eigenvalue weighted by atomic mass is 10.0. The molecule has 43 heavy (non-hydrogen) atoms. The summed E-state index contributed by atoms with van der Waals surface area (Å²) in [5.74, 6) is 1.37. The molecule has 0 saturated carbocycles. The van der Waals surface area contributed by atoms with E-state index in [1.165, 1.54) is 11.2 Å². The van der Waals surface area contributed by atoms with Gasteiger partial charge in [-0.2, -0.15) is 5.10 Å². The molecule has 0 aliphatic carbocycles. The van der Waals surface area contributed by atoms with Gasteiger partial charge in [0.15, 0.2) is 5.82 Å². The summed E-state index contributed by atoms with van der Waals surface area (Å²) in [6, 6.07) is 12.3. The summed E-state index contributed by atoms with van der Waals surface area (Å²) in [5, 5.41) is 15.0. The number of fused-ring (bicyclic) bond motifs is 1. The minimum absolute atomic E-state index is 0.00134. The molecule has 0 bridgehead atoms. The van der Waals surface area contributed by atoms with Crippen molar-refractivity contribution in [3.63, 3.8) is 0 Å². The van der Waals surface area contributed by atoms with E-state index >= 15 is 0 Å². The maximum Gasteiger partial charge on any atom is 0.254 e. The van der Waals surface area contributed by atoms with E-state index < -0.39 is 0 Å². The lowest BCUT2D eigenvalue weighted by Crippen LogP contribution is -2.45. The number of hydrogen-bond donors (Lipinski definition) is 2. The van der Waals surface area contributed by atoms with Crippen LogP contribution >= 0.6 is 0 Å². The average Bonchev–Trinajstić information content (AvgIpc) is 3.71. The highest BCUT2D eigenvalue weighted by molar-refractivity contribution is 6.01. The molecule has 7 rings (SSSR count). The third kappa shape index (κ3) is 4.82. The quantitative estimate of drug-likeness (QED) is 0.288. The van der Waals surface area contributed by atoms with Crippen molar-refractivity contribution in [2.45, 2.75) is 38.4 Å². The van der Waals surface area contributed by atoms with Gasteiger partial charge in [0.05, 0.1) is 42.3 Å². The van der Waals surface area contributed by atoms with Gasteiger partial charge >= 0.3 is 0 Å². The van der Waals surface area contributed by atoms with Crippen molar-refractivity contribution in [2.24, 2.45) is 12.8 Å². The third-order valence-corrected chi connectivity index (χ3v) is 8.77. The first-order valence-corrected chi connectivity index (χ1v) is 15.0. The van der Waals surface area contributed by atoms with Crippen LogP contribution in [0.2, 0.25) is 0 Å². The number of benzene rings is 2. The Balaban J connectivity index is 1.40. The minimum atomic E-state index is -0.0464. The number of aliphatic hydroxyl groups is 1. The Hall–Kier alpha value is -4.35. The first-order valence-electron chi connectivity index (χ1n) is 15.0. The maximum absolute atomic E-state index is 13.6. The molecule has 1 saturated heterocycles. The van der Waals surface area contributed by atoms with Crippen molar-refractivity contribution < 1.29 is 14.6 Å². The van der Waals surface area contributed by atoms with E-state index in [1.807, 2.05) is 36.5 Å². The first kappa shape index (κ1) is 27.5. The van der Waals surface area contributed by atoms with Gasteiger partial charge in [-0.25, -0.2) is 4.98 Å². The number of imidazole rings is 1. The van der Waals surface area contributed by atoms with Gasteiger partial charge < -0.3 is 34.5 Å². The van der Waals surface area contributed by atoms with Crippen molar-refractivity contribution in [1.82, 2.24) is 28.8 Å². The second-order valence-corrected chi connectivity index (χ2v) is 11.7. The second-order valence-electron chi connectivity index (χ2n) is 11.7. The number of carbonyl (C=O) groups is 1. The fourth-order valence-corrected chi connectivity index (χ4v) is 6.78. The Morgan fingerprint density at radius 1 is 1.16 bits per heavy atom. The summed E-state index contributed by atoms with van der Waals surface area (Å²) in [7, 11) is 3.55. The van der Waals surface area contributed by atoms with Crippen molar-refractivity contribution in [1.29, 1.82) is 0 Å². The van der Waals surface area contributed by atoms with E-state index in [4.69, 9.17) is 15.5 Å². The van der Waals surface area contributed by atoms with Gasteiger partial charge in [-0.1, -0.05) is 12.1 Å². The summed E-state index contributed by atoms with van der Waals surface area (Å²) in [5.41, 5.74) is 12.7. The molecule has 3 N–H and O–H groups in total. The number of likely N-dealkylation sites (tertiary alicyclic amines) is 1. The van der Waals surface area contributed by atoms with Crippen molar-refractivity contribution in [3.05, 3.63) is 59.9 Å². The molecular weight excluding hydrogens is 544 g/mol. The van der Waals surface area contributed by atoms with Gasteiger partial charge in [0.2, 0.25) is 0 Å². The molecule has 0 spiro atoms. The number of anilines is 1. The topological polar surface area (TPSA) is 120 Å². The van der Waals surface area contributed by atoms with Crippen LogP contribution in [0.25, 0.3) is 33.5 Å². The lowest BCUT2D eigenvalue weighted by Gasteiger charge is -2.31. The number of aliphatic hydroxyl groups excluding tert-OH is 1. The average molecular weight is 583 g/mol. The molecular formula is C32H38N8O3. The Labute approximate surface area is 250 Å². The molecule has 5 aromatic rings. The Morgan fingerprint density at radius 2 is 2.05 bits per heavy atom. The minimum Gasteiger partial charge on any atom is -0.494 e. The van der Waals surface area contributed by atoms with E-state index in [0.29, 0.717) is 36.5 Å². The van der Waals surface area contributed by atoms with Crippen LogP contribution in [-0.2, 0) is 20.1 Å². The zero-order valence-corrected chi connectivity index (χ0v) is 24.7. The first-order chi connectivity index (χ1) is 20.9. The summed E-state index contributed by atoms with van der Waals surface area (Å²) in [4.78, 5) is 23.0. The largest absolute Gasteiger partial charge is 0.494 e. The molecule has 11 heteroatoms. The fraction of sp³-hybridized carbons (Fsp3) is 0.406. The number of aryl methyl sites for hydroxylation is 1. The number of carbonyl (C=O) groups excluding carboxylic acids is 1. The van der Waals surface area contributed by atoms with Gasteiger partial charge in [0.1, 0.15) is 11.3 Å². The highest BCUT2D eigenvalue weighted by Gasteiger charge is 2.28. The Kier molecular flexibility index (Phi) is 7.06. The summed E-state index contributed by atoms with van der Waals surface area (Å²) >= 11 is 0. The van der Waals surface area contributed by atoms with E-state index in [0.717, 1.165) is 66.9 Å². The smallest absolute Gasteiger partial charge is 0.254 e. The molecule has 2 aliphatic heterocycles. The number of nitrogens with zero attached hydrogens (tertiary/aromatic N) is 7. The molecule has 0 radical (unpaired) electrons. The zero-order valence-electron chi connectivity index (χ0n) is 24.7. The van der Waals surface area contributed by atoms with Crippen molar-refractivity contribution in [2.75, 3.05) is 44.8 Å². The van der Waals surface area contributed by atoms with Crippen LogP contribution in [0.1, 0.15) is 35.2 Å². The molecule has 2 aromatic carbocycles. The Bertz CT molecular complexity index is 1820. The molecule has 5 heterocycles. The SMILES string of the molecule is COc1cc(C(=O)N2CCCC(N)C2)cc2nc(-c3cc4cccc5c4n3CCN5CCCO)n(Cc3cnn(C)c3)c12. The van der Waals surface area contributed by atoms with Crippen molar-refractivity contribution in [3.8, 4) is 17.3 Å². The summed E-state index contributed by atoms with van der Waals surface area (Å²) in [6.07, 6.45) is 6.45. The number of piperidine rings is 1. The number of para-hydroxylation sites is 1. The van der Waals surface area contributed by atoms with E-state index in [-0.39, 0.29) is 18.6 Å². The van der Waals surface area contributed by atoms with Gasteiger partial charge in [0.25, 0.3) is 5.91 Å². The number of hydrogen-bond acceptors (Lipinski definition) is 7. The van der Waals surface area contributed by atoms with Gasteiger partial charge in [0, 0.05) is 75.1 Å². The Morgan fingerprint density at radius 3 is 2.81 bits per heavy atom. The molecule has 1 unspecified atom stereocenters. The molecule has 2 aliphatic rings. The normalized spacial score (nSPS) is 16.9. The van der Waals surface area contributed by atoms with E-state index in [1.54, 1.807) is 11.8 Å². The summed E-state index contributed by atoms with van der Waals surface area (Å²) in [6.45, 7) is 4.42. The predicted molar refractivity (Wildman–Crippen MR) is 167 cm³/mol. The van der Waals surface area contributed by atoms with E-state index in [9.17, 15) is 9.90 Å². The molecule has 1 fully saturated rings. The van der Waals surface area contributed by atoms with Crippen LogP contribution in [0.5, 0.6) is 5.75 Å². The van der Waals surface area contributed by atoms with Crippen LogP contribution in [0.4, 0.5) is 5.69 Å². The second kappa shape index (κ2) is 11.1. The number of aromatic nitrogens is 5. The van der Waals surface area contributed by atoms with Crippen LogP contribution in [0, 0.1) is 0 Å². The highest BCUT2D eigenvalue weighted by Crippen LogP contribution is 2.39. The number of ether oxygens (including phenoxy) is 1. The number of methoxy groups -OCH3 is 1. The molecule has 1 atom stereocenters. The molecule has 1 amide bonds. The molecule has 11 nitrogen and oxygen atoms in total. The van der Waals surface area contributed by atoms with Gasteiger partial charge in [-0.3, -0.25) is 9.48 Å². The van der Waals surface area contributed by atoms with E-state index in [2.05, 4.69) is 43.4 Å². The zero-order chi connectivity index (χ0) is 29.7. The van der Waals surface area contributed by atoms with Crippen LogP contribution < -0.4 is 15.4 Å². The van der Waals surface area contributed by atoms with Crippen LogP contribution in [0.15, 0.2) is 48.8 Å². The van der Waals surface area contributed by atoms with Gasteiger partial charge in [-0.15, -0.1) is 0 Å². The highest BCUT2D eigenvalue weighted by atomic mass is 16.5. The standard InChI is InChI=1S/C32H38N8O3/c1-36-18-21(17-34-36)19-40-30-25(14-23(16-28(30)43-2)32(42)38-9-4-7-24(33)20-38)35-31(40)27-15-22-6-3-8-26-29(22)39(27)12-11-37(26)10-5-13-41/h3,6,8,14-18,24,41H,4-5,7,9-13,19-20,33H2,1-2H3. The molecule has 224 valence electrons. The van der Waals surface area contributed by atoms with Crippen LogP contribution in [0.3, 0.4) is 0 Å². The summed E-state index contributed by atoms with van der Waals surface area (Å²) < 4.78 is 12.3. The lowest BCUT2D eigenvalue weighted by molar-refractivity contribution is 0.0708. The number of rotatable bonds is 8. The number of amides is 1. The number of nitrogens with two attached hydrogens (primary N) is 1. The van der Waals surface area contributed by atoms with Crippen LogP contribution in [-0.4, -0.2) is 85.7 Å². The third-order valence-electron chi connectivity index (χ3n) is 8.77. The maximum atomic E-state index is 13.6.